The third-order valence-corrected chi connectivity index (χ3v) is 5.56. The van der Waals surface area contributed by atoms with Crippen LogP contribution < -0.4 is 4.74 Å². The SMILES string of the molecule is Cc1nn(-c2ccccc2)c(Oc2ccc(F)cc2)c1CN(C[C@H]1CCCO1)C[C@@H](C)O. The lowest BCUT2D eigenvalue weighted by atomic mass is 10.1. The Morgan fingerprint density at radius 1 is 1.22 bits per heavy atom. The Morgan fingerprint density at radius 2 is 1.97 bits per heavy atom. The molecule has 0 radical (unpaired) electrons. The largest absolute Gasteiger partial charge is 0.439 e. The van der Waals surface area contributed by atoms with E-state index in [1.165, 1.54) is 12.1 Å². The lowest BCUT2D eigenvalue weighted by molar-refractivity contribution is 0.0500. The monoisotopic (exact) mass is 439 g/mol. The lowest BCUT2D eigenvalue weighted by Gasteiger charge is -2.26. The van der Waals surface area contributed by atoms with Gasteiger partial charge in [0.2, 0.25) is 5.88 Å². The van der Waals surface area contributed by atoms with Crippen molar-refractivity contribution in [2.45, 2.75) is 45.4 Å². The average Bonchev–Trinajstić information content (AvgIpc) is 3.39. The highest BCUT2D eigenvalue weighted by atomic mass is 19.1. The number of halogens is 1. The molecule has 6 nitrogen and oxygen atoms in total. The molecule has 1 aromatic heterocycles. The molecule has 3 aromatic rings. The Kier molecular flexibility index (Phi) is 7.19. The second-order valence-corrected chi connectivity index (χ2v) is 8.35. The third-order valence-electron chi connectivity index (χ3n) is 5.56. The summed E-state index contributed by atoms with van der Waals surface area (Å²) in [6.45, 7) is 6.34. The summed E-state index contributed by atoms with van der Waals surface area (Å²) < 4.78 is 27.3. The van der Waals surface area contributed by atoms with E-state index >= 15 is 0 Å². The standard InChI is InChI=1S/C25H30FN3O3/c1-18(30)15-28(16-23-9-6-14-31-23)17-24-19(2)27-29(21-7-4-3-5-8-21)25(24)32-22-12-10-20(26)11-13-22/h3-5,7-8,10-13,18,23,30H,6,9,14-17H2,1-2H3/t18-,23-/m1/s1. The van der Waals surface area contributed by atoms with Crippen LogP contribution in [0, 0.1) is 12.7 Å². The van der Waals surface area contributed by atoms with E-state index in [2.05, 4.69) is 4.90 Å². The molecular weight excluding hydrogens is 409 g/mol. The van der Waals surface area contributed by atoms with Crippen LogP contribution in [-0.4, -0.2) is 51.7 Å². The molecule has 1 fully saturated rings. The predicted molar refractivity (Wildman–Crippen MR) is 121 cm³/mol. The fourth-order valence-electron chi connectivity index (χ4n) is 4.06. The summed E-state index contributed by atoms with van der Waals surface area (Å²) >= 11 is 0. The number of hydrogen-bond acceptors (Lipinski definition) is 5. The zero-order chi connectivity index (χ0) is 22.5. The van der Waals surface area contributed by atoms with Gasteiger partial charge >= 0.3 is 0 Å². The van der Waals surface area contributed by atoms with Crippen LogP contribution in [0.15, 0.2) is 54.6 Å². The van der Waals surface area contributed by atoms with E-state index in [0.717, 1.165) is 42.9 Å². The summed E-state index contributed by atoms with van der Waals surface area (Å²) in [6, 6.07) is 15.8. The van der Waals surface area contributed by atoms with Gasteiger partial charge < -0.3 is 14.6 Å². The lowest BCUT2D eigenvalue weighted by Crippen LogP contribution is -2.36. The van der Waals surface area contributed by atoms with Crippen molar-refractivity contribution in [2.75, 3.05) is 19.7 Å². The fourth-order valence-corrected chi connectivity index (χ4v) is 4.06. The molecule has 2 heterocycles. The second-order valence-electron chi connectivity index (χ2n) is 8.35. The number of hydrogen-bond donors (Lipinski definition) is 1. The van der Waals surface area contributed by atoms with Crippen LogP contribution in [0.1, 0.15) is 31.0 Å². The Balaban J connectivity index is 1.68. The molecule has 0 unspecified atom stereocenters. The summed E-state index contributed by atoms with van der Waals surface area (Å²) in [4.78, 5) is 2.19. The maximum Gasteiger partial charge on any atom is 0.227 e. The molecule has 0 saturated carbocycles. The molecule has 32 heavy (non-hydrogen) atoms. The number of aliphatic hydroxyl groups is 1. The summed E-state index contributed by atoms with van der Waals surface area (Å²) in [7, 11) is 0. The molecule has 7 heteroatoms. The van der Waals surface area contributed by atoms with Crippen LogP contribution >= 0.6 is 0 Å². The number of aryl methyl sites for hydroxylation is 1. The highest BCUT2D eigenvalue weighted by molar-refractivity contribution is 5.43. The average molecular weight is 440 g/mol. The number of aromatic nitrogens is 2. The zero-order valence-corrected chi connectivity index (χ0v) is 18.6. The van der Waals surface area contributed by atoms with E-state index in [1.807, 2.05) is 37.3 Å². The van der Waals surface area contributed by atoms with Gasteiger partial charge in [0.1, 0.15) is 11.6 Å². The first kappa shape index (κ1) is 22.5. The second kappa shape index (κ2) is 10.3. The molecule has 1 N–H and O–H groups in total. The van der Waals surface area contributed by atoms with E-state index in [0.29, 0.717) is 24.7 Å². The summed E-state index contributed by atoms with van der Waals surface area (Å²) in [5.41, 5.74) is 2.64. The number of benzene rings is 2. The van der Waals surface area contributed by atoms with Crippen molar-refractivity contribution < 1.29 is 19.0 Å². The molecule has 0 amide bonds. The van der Waals surface area contributed by atoms with E-state index in [1.54, 1.807) is 23.7 Å². The van der Waals surface area contributed by atoms with Crippen molar-refractivity contribution in [2.24, 2.45) is 0 Å². The first-order chi connectivity index (χ1) is 15.5. The minimum atomic E-state index is -0.470. The van der Waals surface area contributed by atoms with Crippen molar-refractivity contribution in [1.29, 1.82) is 0 Å². The van der Waals surface area contributed by atoms with Gasteiger partial charge in [-0.15, -0.1) is 0 Å². The number of nitrogens with zero attached hydrogens (tertiary/aromatic N) is 3. The highest BCUT2D eigenvalue weighted by Gasteiger charge is 2.25. The van der Waals surface area contributed by atoms with Crippen LogP contribution in [0.4, 0.5) is 4.39 Å². The fraction of sp³-hybridized carbons (Fsp3) is 0.400. The van der Waals surface area contributed by atoms with Crippen LogP contribution in [0.2, 0.25) is 0 Å². The van der Waals surface area contributed by atoms with Crippen molar-refractivity contribution in [3.8, 4) is 17.3 Å². The number of para-hydroxylation sites is 1. The minimum absolute atomic E-state index is 0.166. The van der Waals surface area contributed by atoms with Gasteiger partial charge in [-0.1, -0.05) is 18.2 Å². The van der Waals surface area contributed by atoms with E-state index < -0.39 is 6.10 Å². The van der Waals surface area contributed by atoms with Gasteiger partial charge in [-0.05, 0) is 63.1 Å². The van der Waals surface area contributed by atoms with Crippen molar-refractivity contribution in [3.05, 3.63) is 71.7 Å². The van der Waals surface area contributed by atoms with Crippen LogP contribution in [0.3, 0.4) is 0 Å². The number of rotatable bonds is 9. The van der Waals surface area contributed by atoms with Gasteiger partial charge in [-0.25, -0.2) is 9.07 Å². The molecule has 1 aliphatic heterocycles. The predicted octanol–water partition coefficient (Wildman–Crippen LogP) is 4.47. The topological polar surface area (TPSA) is 59.8 Å². The molecule has 170 valence electrons. The van der Waals surface area contributed by atoms with Gasteiger partial charge in [0.15, 0.2) is 0 Å². The van der Waals surface area contributed by atoms with Gasteiger partial charge in [0, 0.05) is 26.2 Å². The zero-order valence-electron chi connectivity index (χ0n) is 18.6. The van der Waals surface area contributed by atoms with Gasteiger partial charge in [0.25, 0.3) is 0 Å². The van der Waals surface area contributed by atoms with E-state index in [4.69, 9.17) is 14.6 Å². The number of aliphatic hydroxyl groups excluding tert-OH is 1. The first-order valence-corrected chi connectivity index (χ1v) is 11.1. The van der Waals surface area contributed by atoms with Gasteiger partial charge in [0.05, 0.1) is 29.2 Å². The Hall–Kier alpha value is -2.74. The summed E-state index contributed by atoms with van der Waals surface area (Å²) in [5, 5.41) is 14.8. The molecule has 0 bridgehead atoms. The Morgan fingerprint density at radius 3 is 2.62 bits per heavy atom. The normalized spacial score (nSPS) is 17.1. The Labute approximate surface area is 188 Å². The van der Waals surface area contributed by atoms with Crippen LogP contribution in [0.25, 0.3) is 5.69 Å². The van der Waals surface area contributed by atoms with Crippen molar-refractivity contribution >= 4 is 0 Å². The third kappa shape index (κ3) is 5.54. The summed E-state index contributed by atoms with van der Waals surface area (Å²) in [6.07, 6.45) is 1.79. The van der Waals surface area contributed by atoms with E-state index in [9.17, 15) is 9.50 Å². The minimum Gasteiger partial charge on any atom is -0.439 e. The quantitative estimate of drug-likeness (QED) is 0.533. The molecule has 0 spiro atoms. The van der Waals surface area contributed by atoms with E-state index in [-0.39, 0.29) is 11.9 Å². The number of ether oxygens (including phenoxy) is 2. The molecule has 2 aromatic carbocycles. The summed E-state index contributed by atoms with van der Waals surface area (Å²) in [5.74, 6) is 0.805. The first-order valence-electron chi connectivity index (χ1n) is 11.1. The highest BCUT2D eigenvalue weighted by Crippen LogP contribution is 2.32. The molecule has 1 aliphatic rings. The van der Waals surface area contributed by atoms with Crippen LogP contribution in [-0.2, 0) is 11.3 Å². The van der Waals surface area contributed by atoms with Crippen LogP contribution in [0.5, 0.6) is 11.6 Å². The molecule has 4 rings (SSSR count). The molecular formula is C25H30FN3O3. The van der Waals surface area contributed by atoms with Crippen molar-refractivity contribution in [1.82, 2.24) is 14.7 Å². The molecule has 1 saturated heterocycles. The molecule has 0 aliphatic carbocycles. The Bertz CT molecular complexity index is 999. The maximum atomic E-state index is 13.4. The van der Waals surface area contributed by atoms with Crippen molar-refractivity contribution in [3.63, 3.8) is 0 Å². The molecule has 2 atom stereocenters. The smallest absolute Gasteiger partial charge is 0.227 e. The van der Waals surface area contributed by atoms with Gasteiger partial charge in [-0.2, -0.15) is 5.10 Å². The maximum absolute atomic E-state index is 13.4. The van der Waals surface area contributed by atoms with Gasteiger partial charge in [-0.3, -0.25) is 4.90 Å².